The highest BCUT2D eigenvalue weighted by Crippen LogP contribution is 2.16. The van der Waals surface area contributed by atoms with Gasteiger partial charge in [-0.25, -0.2) is 9.97 Å². The van der Waals surface area contributed by atoms with E-state index in [0.29, 0.717) is 44.2 Å². The summed E-state index contributed by atoms with van der Waals surface area (Å²) in [4.78, 5) is 38.7. The lowest BCUT2D eigenvalue weighted by atomic mass is 10.2. The Morgan fingerprint density at radius 1 is 1.00 bits per heavy atom. The Balaban J connectivity index is 1.68. The van der Waals surface area contributed by atoms with Crippen molar-refractivity contribution in [3.05, 3.63) is 53.9 Å². The van der Waals surface area contributed by atoms with E-state index in [1.807, 2.05) is 18.2 Å². The third-order valence-corrected chi connectivity index (χ3v) is 4.97. The molecule has 1 aromatic heterocycles. The molecule has 0 unspecified atom stereocenters. The van der Waals surface area contributed by atoms with E-state index in [1.165, 1.54) is 5.56 Å². The maximum atomic E-state index is 12.7. The molecule has 7 nitrogen and oxygen atoms in total. The Morgan fingerprint density at radius 3 is 2.11 bits per heavy atom. The van der Waals surface area contributed by atoms with Gasteiger partial charge < -0.3 is 14.7 Å². The van der Waals surface area contributed by atoms with Crippen LogP contribution >= 0.6 is 0 Å². The predicted molar refractivity (Wildman–Crippen MR) is 108 cm³/mol. The number of hydrogen-bond donors (Lipinski definition) is 0. The highest BCUT2D eigenvalue weighted by atomic mass is 16.2. The predicted octanol–water partition coefficient (Wildman–Crippen LogP) is 2.20. The fourth-order valence-corrected chi connectivity index (χ4v) is 3.25. The third-order valence-electron chi connectivity index (χ3n) is 4.97. The Hall–Kier alpha value is -2.96. The van der Waals surface area contributed by atoms with E-state index in [0.717, 1.165) is 0 Å². The number of benzene rings is 1. The standard InChI is InChI=1S/C21H27N5O2/c1-16(2)26(15-18-7-5-4-6-8-18)21-22-13-19(14-23-21)20(28)25-11-9-24(10-12-25)17(3)27/h4-8,13-14,16H,9-12,15H2,1-3H3. The summed E-state index contributed by atoms with van der Waals surface area (Å²) in [5, 5.41) is 0. The first-order chi connectivity index (χ1) is 13.5. The fourth-order valence-electron chi connectivity index (χ4n) is 3.25. The van der Waals surface area contributed by atoms with Crippen molar-refractivity contribution in [1.82, 2.24) is 19.8 Å². The molecule has 3 rings (SSSR count). The van der Waals surface area contributed by atoms with Gasteiger partial charge in [0.25, 0.3) is 5.91 Å². The Kier molecular flexibility index (Phi) is 6.23. The number of carbonyl (C=O) groups is 2. The molecular formula is C21H27N5O2. The average Bonchev–Trinajstić information content (AvgIpc) is 2.72. The number of aromatic nitrogens is 2. The second kappa shape index (κ2) is 8.82. The summed E-state index contributed by atoms with van der Waals surface area (Å²) >= 11 is 0. The van der Waals surface area contributed by atoms with E-state index in [-0.39, 0.29) is 17.9 Å². The van der Waals surface area contributed by atoms with Crippen molar-refractivity contribution in [2.24, 2.45) is 0 Å². The molecule has 0 N–H and O–H groups in total. The smallest absolute Gasteiger partial charge is 0.257 e. The van der Waals surface area contributed by atoms with Crippen LogP contribution in [-0.2, 0) is 11.3 Å². The van der Waals surface area contributed by atoms with Crippen LogP contribution in [0.15, 0.2) is 42.7 Å². The van der Waals surface area contributed by atoms with Crippen molar-refractivity contribution in [1.29, 1.82) is 0 Å². The van der Waals surface area contributed by atoms with E-state index in [4.69, 9.17) is 0 Å². The molecule has 0 saturated carbocycles. The molecule has 0 bridgehead atoms. The zero-order valence-electron chi connectivity index (χ0n) is 16.7. The highest BCUT2D eigenvalue weighted by Gasteiger charge is 2.24. The number of piperazine rings is 1. The van der Waals surface area contributed by atoms with Crippen LogP contribution in [0.2, 0.25) is 0 Å². The van der Waals surface area contributed by atoms with Gasteiger partial charge in [0.1, 0.15) is 0 Å². The van der Waals surface area contributed by atoms with Gasteiger partial charge in [-0.15, -0.1) is 0 Å². The van der Waals surface area contributed by atoms with Crippen LogP contribution < -0.4 is 4.90 Å². The normalized spacial score (nSPS) is 14.3. The molecule has 2 aromatic rings. The van der Waals surface area contributed by atoms with Crippen LogP contribution in [0.25, 0.3) is 0 Å². The molecule has 1 aromatic carbocycles. The average molecular weight is 381 g/mol. The fraction of sp³-hybridized carbons (Fsp3) is 0.429. The van der Waals surface area contributed by atoms with Crippen molar-refractivity contribution >= 4 is 17.8 Å². The molecule has 1 aliphatic rings. The number of anilines is 1. The van der Waals surface area contributed by atoms with Crippen molar-refractivity contribution in [3.63, 3.8) is 0 Å². The molecule has 2 heterocycles. The molecule has 148 valence electrons. The van der Waals surface area contributed by atoms with Crippen molar-refractivity contribution in [2.45, 2.75) is 33.4 Å². The molecule has 0 atom stereocenters. The molecule has 1 aliphatic heterocycles. The third kappa shape index (κ3) is 4.65. The van der Waals surface area contributed by atoms with E-state index in [9.17, 15) is 9.59 Å². The molecule has 2 amide bonds. The van der Waals surface area contributed by atoms with Crippen molar-refractivity contribution in [3.8, 4) is 0 Å². The van der Waals surface area contributed by atoms with Gasteiger partial charge in [0.15, 0.2) is 0 Å². The minimum Gasteiger partial charge on any atom is -0.339 e. The van der Waals surface area contributed by atoms with Crippen LogP contribution in [0.4, 0.5) is 5.95 Å². The van der Waals surface area contributed by atoms with Gasteiger partial charge >= 0.3 is 0 Å². The lowest BCUT2D eigenvalue weighted by molar-refractivity contribution is -0.130. The second-order valence-corrected chi connectivity index (χ2v) is 7.28. The number of carbonyl (C=O) groups excluding carboxylic acids is 2. The zero-order valence-corrected chi connectivity index (χ0v) is 16.7. The number of nitrogens with zero attached hydrogens (tertiary/aromatic N) is 5. The Labute approximate surface area is 166 Å². The van der Waals surface area contributed by atoms with Crippen LogP contribution in [0.1, 0.15) is 36.7 Å². The largest absolute Gasteiger partial charge is 0.339 e. The summed E-state index contributed by atoms with van der Waals surface area (Å²) in [6, 6.07) is 10.4. The monoisotopic (exact) mass is 381 g/mol. The molecule has 1 fully saturated rings. The summed E-state index contributed by atoms with van der Waals surface area (Å²) in [5.74, 6) is 0.567. The van der Waals surface area contributed by atoms with Gasteiger partial charge in [-0.05, 0) is 19.4 Å². The maximum Gasteiger partial charge on any atom is 0.257 e. The second-order valence-electron chi connectivity index (χ2n) is 7.28. The van der Waals surface area contributed by atoms with E-state index in [1.54, 1.807) is 29.1 Å². The first-order valence-corrected chi connectivity index (χ1v) is 9.63. The van der Waals surface area contributed by atoms with Crippen LogP contribution in [0, 0.1) is 0 Å². The number of rotatable bonds is 5. The summed E-state index contributed by atoms with van der Waals surface area (Å²) in [7, 11) is 0. The van der Waals surface area contributed by atoms with Gasteiger partial charge in [0, 0.05) is 58.1 Å². The minimum atomic E-state index is -0.0890. The molecule has 0 aliphatic carbocycles. The summed E-state index contributed by atoms with van der Waals surface area (Å²) in [6.07, 6.45) is 3.20. The van der Waals surface area contributed by atoms with Crippen molar-refractivity contribution < 1.29 is 9.59 Å². The molecule has 28 heavy (non-hydrogen) atoms. The lowest BCUT2D eigenvalue weighted by Crippen LogP contribution is -2.50. The summed E-state index contributed by atoms with van der Waals surface area (Å²) < 4.78 is 0. The molecule has 7 heteroatoms. The summed E-state index contributed by atoms with van der Waals surface area (Å²) in [5.41, 5.74) is 1.66. The molecular weight excluding hydrogens is 354 g/mol. The van der Waals surface area contributed by atoms with E-state index >= 15 is 0 Å². The lowest BCUT2D eigenvalue weighted by Gasteiger charge is -2.34. The topological polar surface area (TPSA) is 69.6 Å². The first kappa shape index (κ1) is 19.8. The van der Waals surface area contributed by atoms with Gasteiger partial charge in [-0.2, -0.15) is 0 Å². The Morgan fingerprint density at radius 2 is 1.57 bits per heavy atom. The van der Waals surface area contributed by atoms with Gasteiger partial charge in [-0.1, -0.05) is 30.3 Å². The zero-order chi connectivity index (χ0) is 20.1. The molecule has 0 spiro atoms. The van der Waals surface area contributed by atoms with Gasteiger partial charge in [0.2, 0.25) is 11.9 Å². The number of amides is 2. The summed E-state index contributed by atoms with van der Waals surface area (Å²) in [6.45, 7) is 8.66. The van der Waals surface area contributed by atoms with E-state index in [2.05, 4.69) is 40.8 Å². The van der Waals surface area contributed by atoms with Gasteiger partial charge in [0.05, 0.1) is 5.56 Å². The van der Waals surface area contributed by atoms with Gasteiger partial charge in [-0.3, -0.25) is 9.59 Å². The van der Waals surface area contributed by atoms with E-state index < -0.39 is 0 Å². The first-order valence-electron chi connectivity index (χ1n) is 9.63. The highest BCUT2D eigenvalue weighted by molar-refractivity contribution is 5.93. The van der Waals surface area contributed by atoms with Crippen molar-refractivity contribution in [2.75, 3.05) is 31.1 Å². The minimum absolute atomic E-state index is 0.0481. The Bertz CT molecular complexity index is 799. The van der Waals surface area contributed by atoms with Crippen LogP contribution in [-0.4, -0.2) is 63.8 Å². The molecule has 0 radical (unpaired) electrons. The maximum absolute atomic E-state index is 12.7. The SMILES string of the molecule is CC(=O)N1CCN(C(=O)c2cnc(N(Cc3ccccc3)C(C)C)nc2)CC1. The van der Waals surface area contributed by atoms with Crippen LogP contribution in [0.3, 0.4) is 0 Å². The quantitative estimate of drug-likeness (QED) is 0.794. The molecule has 1 saturated heterocycles. The van der Waals surface area contributed by atoms with Crippen LogP contribution in [0.5, 0.6) is 0 Å². The number of hydrogen-bond acceptors (Lipinski definition) is 5.